The highest BCUT2D eigenvalue weighted by atomic mass is 16.2. The quantitative estimate of drug-likeness (QED) is 0.0342. The zero-order valence-electron chi connectivity index (χ0n) is 35.2. The molecule has 1 saturated carbocycles. The van der Waals surface area contributed by atoms with Crippen molar-refractivity contribution in [3.8, 4) is 0 Å². The third-order valence-electron chi connectivity index (χ3n) is 11.2. The summed E-state index contributed by atoms with van der Waals surface area (Å²) in [5.74, 6) is -3.56. The summed E-state index contributed by atoms with van der Waals surface area (Å²) in [6, 6.07) is 29.0. The molecule has 4 aromatic rings. The average molecular weight is 846 g/mol. The first kappa shape index (κ1) is 46.3. The molecule has 0 heterocycles. The Labute approximate surface area is 362 Å². The van der Waals surface area contributed by atoms with Gasteiger partial charge in [0, 0.05) is 25.8 Å². The summed E-state index contributed by atoms with van der Waals surface area (Å²) in [7, 11) is 0. The number of benzene rings is 4. The van der Waals surface area contributed by atoms with E-state index in [9.17, 15) is 28.8 Å². The Kier molecular flexibility index (Phi) is 17.0. The van der Waals surface area contributed by atoms with Crippen molar-refractivity contribution in [2.75, 3.05) is 13.1 Å². The highest BCUT2D eigenvalue weighted by Gasteiger charge is 2.44. The van der Waals surface area contributed by atoms with Crippen LogP contribution in [0.3, 0.4) is 0 Å². The molecule has 0 aromatic heterocycles. The van der Waals surface area contributed by atoms with Gasteiger partial charge < -0.3 is 43.4 Å². The largest absolute Gasteiger partial charge is 0.370 e. The van der Waals surface area contributed by atoms with Crippen molar-refractivity contribution in [3.05, 3.63) is 120 Å². The maximum absolute atomic E-state index is 14.6. The second kappa shape index (κ2) is 22.7. The van der Waals surface area contributed by atoms with Gasteiger partial charge in [-0.25, -0.2) is 0 Å². The van der Waals surface area contributed by atoms with Crippen LogP contribution in [0.15, 0.2) is 103 Å². The highest BCUT2D eigenvalue weighted by molar-refractivity contribution is 5.97. The Morgan fingerprint density at radius 2 is 1.29 bits per heavy atom. The number of fused-ring (bicyclic) bond motifs is 1. The second-order valence-corrected chi connectivity index (χ2v) is 16.0. The van der Waals surface area contributed by atoms with Crippen molar-refractivity contribution in [1.82, 2.24) is 31.9 Å². The van der Waals surface area contributed by atoms with E-state index in [-0.39, 0.29) is 56.4 Å². The molecular formula is C47H59N9O6. The van der Waals surface area contributed by atoms with Crippen molar-refractivity contribution in [2.45, 2.75) is 101 Å². The molecule has 1 aliphatic rings. The molecule has 0 radical (unpaired) electrons. The summed E-state index contributed by atoms with van der Waals surface area (Å²) in [6.45, 7) is 1.65. The van der Waals surface area contributed by atoms with Gasteiger partial charge in [0.05, 0.1) is 6.54 Å². The average Bonchev–Trinajstić information content (AvgIpc) is 3.26. The lowest BCUT2D eigenvalue weighted by Gasteiger charge is -2.40. The van der Waals surface area contributed by atoms with E-state index < -0.39 is 59.7 Å². The lowest BCUT2D eigenvalue weighted by molar-refractivity contribution is -0.138. The van der Waals surface area contributed by atoms with Gasteiger partial charge in [-0.3, -0.25) is 34.2 Å². The van der Waals surface area contributed by atoms with Gasteiger partial charge in [0.25, 0.3) is 0 Å². The van der Waals surface area contributed by atoms with E-state index in [1.165, 1.54) is 0 Å². The highest BCUT2D eigenvalue weighted by Crippen LogP contribution is 2.38. The number of rotatable bonds is 21. The third-order valence-corrected chi connectivity index (χ3v) is 11.2. The minimum atomic E-state index is -1.27. The molecule has 0 unspecified atom stereocenters. The molecule has 5 rings (SSSR count). The van der Waals surface area contributed by atoms with Crippen molar-refractivity contribution in [2.24, 2.45) is 11.5 Å². The van der Waals surface area contributed by atoms with Crippen molar-refractivity contribution in [3.63, 3.8) is 0 Å². The molecule has 1 fully saturated rings. The fourth-order valence-electron chi connectivity index (χ4n) is 7.94. The molecule has 15 nitrogen and oxygen atoms in total. The molecule has 328 valence electrons. The number of amides is 6. The van der Waals surface area contributed by atoms with Crippen LogP contribution in [0.25, 0.3) is 10.8 Å². The molecule has 0 saturated heterocycles. The number of guanidine groups is 1. The van der Waals surface area contributed by atoms with Gasteiger partial charge in [-0.05, 0) is 78.3 Å². The van der Waals surface area contributed by atoms with Gasteiger partial charge >= 0.3 is 0 Å². The first-order chi connectivity index (χ1) is 29.9. The molecular weight excluding hydrogens is 787 g/mol. The Bertz CT molecular complexity index is 2180. The number of carbonyl (C=O) groups is 6. The van der Waals surface area contributed by atoms with Crippen LogP contribution in [-0.4, -0.2) is 78.2 Å². The van der Waals surface area contributed by atoms with Gasteiger partial charge in [-0.2, -0.15) is 0 Å². The fourth-order valence-corrected chi connectivity index (χ4v) is 7.94. The van der Waals surface area contributed by atoms with Crippen molar-refractivity contribution >= 4 is 52.2 Å². The van der Waals surface area contributed by atoms with Crippen LogP contribution in [0, 0.1) is 5.41 Å². The Morgan fingerprint density at radius 1 is 0.694 bits per heavy atom. The van der Waals surface area contributed by atoms with Crippen LogP contribution in [0.5, 0.6) is 0 Å². The lowest BCUT2D eigenvalue weighted by atomic mass is 9.73. The summed E-state index contributed by atoms with van der Waals surface area (Å²) in [5, 5.41) is 26.3. The second-order valence-electron chi connectivity index (χ2n) is 16.0. The summed E-state index contributed by atoms with van der Waals surface area (Å²) >= 11 is 0. The predicted molar refractivity (Wildman–Crippen MR) is 238 cm³/mol. The first-order valence-electron chi connectivity index (χ1n) is 21.3. The van der Waals surface area contributed by atoms with Gasteiger partial charge in [0.2, 0.25) is 35.4 Å². The Morgan fingerprint density at radius 3 is 1.95 bits per heavy atom. The van der Waals surface area contributed by atoms with Gasteiger partial charge in [0.15, 0.2) is 5.96 Å². The molecule has 0 aliphatic heterocycles. The standard InChI is InChI=1S/C47H59N9O6/c1-2-12-41(58)56-47(24-22-35(23-25-47)33-15-7-4-8-16-33)45(62)55-39(28-31-13-5-3-6-14-31)44(61)53-37(19-11-26-51-46(49)50)43(60)54-38(42(59)52-30-40(48)57)29-32-20-21-34-17-9-10-18-36(34)27-32/h3-10,13-18,20-21,27,35,37-39H,2,11-12,19,22-26,28-30H2,1H3,(H2,48,57)(H,52,59)(H,53,61)(H,54,60)(H,55,62)(H,56,58)(H4,49,50,51)/t35-,37-,38-,39+,47+/m0/s1. The first-order valence-corrected chi connectivity index (χ1v) is 21.3. The maximum atomic E-state index is 14.6. The van der Waals surface area contributed by atoms with Gasteiger partial charge in [-0.15, -0.1) is 0 Å². The minimum absolute atomic E-state index is 0.0530. The SMILES string of the molecule is CCCC(=O)N[C@]1(C(=O)N[C@H](Cc2ccccc2)C(=O)N[C@@H](CCCNC(=N)N)C(=O)N[C@@H](Cc2ccc3ccccc3c2)C(=O)NCC(N)=O)CC[C@H](c2ccccc2)CC1. The van der Waals surface area contributed by atoms with E-state index >= 15 is 0 Å². The minimum Gasteiger partial charge on any atom is -0.370 e. The van der Waals surface area contributed by atoms with Crippen LogP contribution in [0.2, 0.25) is 0 Å². The number of carbonyl (C=O) groups excluding carboxylic acids is 6. The van der Waals surface area contributed by atoms with Crippen molar-refractivity contribution < 1.29 is 28.8 Å². The van der Waals surface area contributed by atoms with E-state index in [1.807, 2.05) is 97.9 Å². The number of primary amides is 1. The van der Waals surface area contributed by atoms with Crippen LogP contribution in [0.1, 0.15) is 80.9 Å². The molecule has 11 N–H and O–H groups in total. The molecule has 3 atom stereocenters. The number of hydrogen-bond donors (Lipinski definition) is 9. The molecule has 0 spiro atoms. The smallest absolute Gasteiger partial charge is 0.246 e. The summed E-state index contributed by atoms with van der Waals surface area (Å²) in [5.41, 5.74) is 12.2. The zero-order chi connectivity index (χ0) is 44.5. The normalized spacial score (nSPS) is 17.3. The number of nitrogens with one attached hydrogen (secondary N) is 7. The lowest BCUT2D eigenvalue weighted by Crippen LogP contribution is -2.64. The van der Waals surface area contributed by atoms with Gasteiger partial charge in [0.1, 0.15) is 23.7 Å². The fraction of sp³-hybridized carbons (Fsp3) is 0.383. The molecule has 6 amide bonds. The molecule has 62 heavy (non-hydrogen) atoms. The van der Waals surface area contributed by atoms with E-state index in [1.54, 1.807) is 0 Å². The Balaban J connectivity index is 1.40. The van der Waals surface area contributed by atoms with Gasteiger partial charge in [-0.1, -0.05) is 110 Å². The molecule has 4 aromatic carbocycles. The maximum Gasteiger partial charge on any atom is 0.246 e. The van der Waals surface area contributed by atoms with Crippen LogP contribution >= 0.6 is 0 Å². The summed E-state index contributed by atoms with van der Waals surface area (Å²) in [6.07, 6.45) is 3.31. The summed E-state index contributed by atoms with van der Waals surface area (Å²) < 4.78 is 0. The van der Waals surface area contributed by atoms with Crippen molar-refractivity contribution in [1.29, 1.82) is 5.41 Å². The van der Waals surface area contributed by atoms with Crippen LogP contribution in [-0.2, 0) is 41.6 Å². The third kappa shape index (κ3) is 13.6. The monoisotopic (exact) mass is 845 g/mol. The van der Waals surface area contributed by atoms with E-state index in [4.69, 9.17) is 16.9 Å². The van der Waals surface area contributed by atoms with Crippen LogP contribution < -0.4 is 43.4 Å². The van der Waals surface area contributed by atoms with E-state index in [2.05, 4.69) is 44.0 Å². The number of nitrogens with two attached hydrogens (primary N) is 2. The van der Waals surface area contributed by atoms with E-state index in [0.717, 1.165) is 27.5 Å². The number of hydrogen-bond acceptors (Lipinski definition) is 7. The van der Waals surface area contributed by atoms with Crippen LogP contribution in [0.4, 0.5) is 0 Å². The molecule has 1 aliphatic carbocycles. The molecule has 15 heteroatoms. The molecule has 0 bridgehead atoms. The zero-order valence-corrected chi connectivity index (χ0v) is 35.2. The topological polar surface area (TPSA) is 250 Å². The Hall–Kier alpha value is -6.77. The van der Waals surface area contributed by atoms with E-state index in [0.29, 0.717) is 32.1 Å². The predicted octanol–water partition coefficient (Wildman–Crippen LogP) is 2.96. The summed E-state index contributed by atoms with van der Waals surface area (Å²) in [4.78, 5) is 81.7.